The minimum Gasteiger partial charge on any atom is -0.477 e. The predicted molar refractivity (Wildman–Crippen MR) is 110 cm³/mol. The highest BCUT2D eigenvalue weighted by Gasteiger charge is 2.18. The molecule has 0 spiro atoms. The van der Waals surface area contributed by atoms with E-state index in [1.54, 1.807) is 6.07 Å². The molecule has 2 aliphatic rings. The molecule has 0 bridgehead atoms. The second-order valence-electron chi connectivity index (χ2n) is 5.75. The largest absolute Gasteiger partial charge is 0.477 e. The molecule has 0 radical (unpaired) electrons. The number of fused-ring (bicyclic) bond motifs is 2. The van der Waals surface area contributed by atoms with Crippen LogP contribution < -0.4 is 0 Å². The van der Waals surface area contributed by atoms with Crippen LogP contribution >= 0.6 is 22.7 Å². The zero-order valence-corrected chi connectivity index (χ0v) is 18.0. The molecule has 0 amide bonds. The van der Waals surface area contributed by atoms with Crippen LogP contribution in [-0.4, -0.2) is 36.9 Å². The Balaban J connectivity index is 0.000000186. The van der Waals surface area contributed by atoms with Crippen molar-refractivity contribution in [1.82, 2.24) is 0 Å². The zero-order valence-electron chi connectivity index (χ0n) is 16.4. The maximum atomic E-state index is 11.4. The third kappa shape index (κ3) is 5.88. The second kappa shape index (κ2) is 11.3. The fourth-order valence-electron chi connectivity index (χ4n) is 2.70. The molecule has 0 fully saturated rings. The Morgan fingerprint density at radius 1 is 1.00 bits per heavy atom. The number of aromatic carboxylic acids is 1. The number of carboxylic acid groups (broad SMARTS) is 1. The summed E-state index contributed by atoms with van der Waals surface area (Å²) in [7, 11) is 0. The van der Waals surface area contributed by atoms with Crippen molar-refractivity contribution in [3.05, 3.63) is 42.8 Å². The average molecular weight is 427 g/mol. The van der Waals surface area contributed by atoms with Gasteiger partial charge in [0.15, 0.2) is 0 Å². The first-order valence-corrected chi connectivity index (χ1v) is 11.0. The van der Waals surface area contributed by atoms with Gasteiger partial charge in [0.2, 0.25) is 0 Å². The fraction of sp³-hybridized carbons (Fsp3) is 0.500. The highest BCUT2D eigenvalue weighted by atomic mass is 32.1. The molecule has 0 unspecified atom stereocenters. The van der Waals surface area contributed by atoms with E-state index in [2.05, 4.69) is 0 Å². The highest BCUT2D eigenvalue weighted by molar-refractivity contribution is 7.14. The van der Waals surface area contributed by atoms with E-state index in [0.29, 0.717) is 36.2 Å². The number of carboxylic acids is 1. The predicted octanol–water partition coefficient (Wildman–Crippen LogP) is 4.54. The lowest BCUT2D eigenvalue weighted by molar-refractivity contribution is 0.0531. The Morgan fingerprint density at radius 3 is 1.96 bits per heavy atom. The third-order valence-corrected chi connectivity index (χ3v) is 6.38. The quantitative estimate of drug-likeness (QED) is 0.726. The van der Waals surface area contributed by atoms with Gasteiger partial charge in [-0.05, 0) is 30.2 Å². The van der Waals surface area contributed by atoms with Crippen molar-refractivity contribution in [3.63, 3.8) is 0 Å². The third-order valence-electron chi connectivity index (χ3n) is 3.94. The van der Waals surface area contributed by atoms with Gasteiger partial charge in [-0.3, -0.25) is 0 Å². The van der Waals surface area contributed by atoms with E-state index in [-0.39, 0.29) is 5.97 Å². The van der Waals surface area contributed by atoms with Gasteiger partial charge in [0.05, 0.1) is 33.0 Å². The summed E-state index contributed by atoms with van der Waals surface area (Å²) in [4.78, 5) is 25.5. The van der Waals surface area contributed by atoms with Crippen molar-refractivity contribution in [2.45, 2.75) is 46.8 Å². The number of hydrogen-bond donors (Lipinski definition) is 1. The number of esters is 1. The Morgan fingerprint density at radius 2 is 1.50 bits per heavy atom. The summed E-state index contributed by atoms with van der Waals surface area (Å²) in [5.74, 6) is -1.05. The Kier molecular flexibility index (Phi) is 9.11. The molecule has 28 heavy (non-hydrogen) atoms. The van der Waals surface area contributed by atoms with Gasteiger partial charge in [-0.2, -0.15) is 0 Å². The SMILES string of the molecule is CC.CCOC(=O)c1cc2c(s1)CCOC2.O=C(O)c1cc2c(s1)CCOC2. The average Bonchev–Trinajstić information content (AvgIpc) is 3.34. The first-order chi connectivity index (χ1) is 13.6. The van der Waals surface area contributed by atoms with Gasteiger partial charge in [0, 0.05) is 22.6 Å². The number of ether oxygens (including phenoxy) is 3. The molecule has 0 saturated carbocycles. The van der Waals surface area contributed by atoms with Crippen LogP contribution in [0, 0.1) is 0 Å². The molecule has 2 aromatic heterocycles. The minimum absolute atomic E-state index is 0.216. The normalized spacial score (nSPS) is 14.4. The first kappa shape index (κ1) is 22.5. The molecular formula is C20H26O6S2. The lowest BCUT2D eigenvalue weighted by Crippen LogP contribution is -2.05. The van der Waals surface area contributed by atoms with Crippen LogP contribution in [0.2, 0.25) is 0 Å². The summed E-state index contributed by atoms with van der Waals surface area (Å²) < 4.78 is 15.4. The van der Waals surface area contributed by atoms with E-state index in [1.165, 1.54) is 32.4 Å². The lowest BCUT2D eigenvalue weighted by Gasteiger charge is -2.10. The highest BCUT2D eigenvalue weighted by Crippen LogP contribution is 2.28. The molecule has 0 saturated heterocycles. The van der Waals surface area contributed by atoms with Crippen molar-refractivity contribution in [2.75, 3.05) is 19.8 Å². The molecule has 2 aliphatic heterocycles. The smallest absolute Gasteiger partial charge is 0.348 e. The van der Waals surface area contributed by atoms with Crippen molar-refractivity contribution in [3.8, 4) is 0 Å². The van der Waals surface area contributed by atoms with Crippen LogP contribution in [0.1, 0.15) is 61.0 Å². The van der Waals surface area contributed by atoms with Crippen LogP contribution in [0.15, 0.2) is 12.1 Å². The van der Waals surface area contributed by atoms with E-state index in [1.807, 2.05) is 26.8 Å². The van der Waals surface area contributed by atoms with E-state index in [4.69, 9.17) is 19.3 Å². The van der Waals surface area contributed by atoms with E-state index in [9.17, 15) is 9.59 Å². The molecule has 4 heterocycles. The van der Waals surface area contributed by atoms with Crippen molar-refractivity contribution in [1.29, 1.82) is 0 Å². The van der Waals surface area contributed by atoms with Crippen molar-refractivity contribution in [2.24, 2.45) is 0 Å². The first-order valence-electron chi connectivity index (χ1n) is 9.37. The number of rotatable bonds is 3. The van der Waals surface area contributed by atoms with Gasteiger partial charge in [-0.1, -0.05) is 13.8 Å². The van der Waals surface area contributed by atoms with Crippen LogP contribution in [0.3, 0.4) is 0 Å². The molecule has 2 aromatic rings. The number of thiophene rings is 2. The molecular weight excluding hydrogens is 400 g/mol. The standard InChI is InChI=1S/C10H12O3S.C8H8O3S.C2H6/c1-2-13-10(11)9-5-7-6-12-4-3-8(7)14-9;9-8(10)7-3-5-4-11-2-1-6(5)12-7;1-2/h5H,2-4,6H2,1H3;3H,1-2,4H2,(H,9,10);1-2H3. The number of carbonyl (C=O) groups excluding carboxylic acids is 1. The van der Waals surface area contributed by atoms with Crippen molar-refractivity contribution < 1.29 is 28.9 Å². The van der Waals surface area contributed by atoms with E-state index in [0.717, 1.165) is 30.6 Å². The summed E-state index contributed by atoms with van der Waals surface area (Å²) in [6, 6.07) is 3.60. The summed E-state index contributed by atoms with van der Waals surface area (Å²) in [6.07, 6.45) is 1.77. The van der Waals surface area contributed by atoms with Gasteiger partial charge < -0.3 is 19.3 Å². The fourth-order valence-corrected chi connectivity index (χ4v) is 4.73. The second-order valence-corrected chi connectivity index (χ2v) is 8.02. The minimum atomic E-state index is -0.839. The summed E-state index contributed by atoms with van der Waals surface area (Å²) in [5.41, 5.74) is 2.19. The van der Waals surface area contributed by atoms with Gasteiger partial charge in [-0.15, -0.1) is 22.7 Å². The van der Waals surface area contributed by atoms with Gasteiger partial charge in [0.25, 0.3) is 0 Å². The molecule has 1 N–H and O–H groups in total. The van der Waals surface area contributed by atoms with Crippen molar-refractivity contribution >= 4 is 34.6 Å². The maximum absolute atomic E-state index is 11.4. The monoisotopic (exact) mass is 426 g/mol. The van der Waals surface area contributed by atoms with Gasteiger partial charge in [0.1, 0.15) is 9.75 Å². The van der Waals surface area contributed by atoms with Crippen LogP contribution in [0.25, 0.3) is 0 Å². The van der Waals surface area contributed by atoms with Crippen LogP contribution in [0.4, 0.5) is 0 Å². The Labute approximate surface area is 173 Å². The van der Waals surface area contributed by atoms with E-state index >= 15 is 0 Å². The zero-order chi connectivity index (χ0) is 20.5. The topological polar surface area (TPSA) is 82.1 Å². The van der Waals surface area contributed by atoms with Gasteiger partial charge >= 0.3 is 11.9 Å². The molecule has 0 aromatic carbocycles. The molecule has 4 rings (SSSR count). The molecule has 8 heteroatoms. The lowest BCUT2D eigenvalue weighted by atomic mass is 10.2. The summed E-state index contributed by atoms with van der Waals surface area (Å²) in [5, 5.41) is 8.70. The molecule has 0 atom stereocenters. The number of carbonyl (C=O) groups is 2. The molecule has 0 aliphatic carbocycles. The summed E-state index contributed by atoms with van der Waals surface area (Å²) in [6.45, 7) is 8.92. The maximum Gasteiger partial charge on any atom is 0.348 e. The molecule has 154 valence electrons. The van der Waals surface area contributed by atoms with Crippen LogP contribution in [0.5, 0.6) is 0 Å². The van der Waals surface area contributed by atoms with Gasteiger partial charge in [-0.25, -0.2) is 9.59 Å². The number of hydrogen-bond acceptors (Lipinski definition) is 7. The Bertz CT molecular complexity index is 746. The summed E-state index contributed by atoms with van der Waals surface area (Å²) >= 11 is 2.89. The van der Waals surface area contributed by atoms with Crippen LogP contribution in [-0.2, 0) is 40.3 Å². The molecule has 6 nitrogen and oxygen atoms in total. The Hall–Kier alpha value is -1.74. The van der Waals surface area contributed by atoms with E-state index < -0.39 is 5.97 Å².